The topological polar surface area (TPSA) is 87.7 Å². The number of nitrogens with two attached hydrogens (primary N) is 1. The van der Waals surface area contributed by atoms with E-state index in [1.54, 1.807) is 0 Å². The molecule has 1 amide bonds. The molecular weight excluding hydrogens is 406 g/mol. The minimum absolute atomic E-state index is 0.107. The van der Waals surface area contributed by atoms with Crippen LogP contribution in [0.15, 0.2) is 42.5 Å². The van der Waals surface area contributed by atoms with E-state index in [0.29, 0.717) is 18.3 Å². The minimum atomic E-state index is -0.459. The molecule has 1 aliphatic heterocycles. The van der Waals surface area contributed by atoms with Gasteiger partial charge in [0.25, 0.3) is 0 Å². The molecule has 1 saturated heterocycles. The Balaban J connectivity index is 1.47. The SMILES string of the molecule is CC(C)OC(=O)Nc1ccc(-c2c(N)c3ccc(OC4CCOC4)cc3n2C2CC2)cc1. The normalized spacial score (nSPS) is 18.3. The number of anilines is 2. The van der Waals surface area contributed by atoms with E-state index in [9.17, 15) is 4.79 Å². The number of hydrogen-bond donors (Lipinski definition) is 2. The van der Waals surface area contributed by atoms with Crippen LogP contribution in [-0.2, 0) is 9.47 Å². The largest absolute Gasteiger partial charge is 0.488 e. The highest BCUT2D eigenvalue weighted by Gasteiger charge is 2.30. The highest BCUT2D eigenvalue weighted by atomic mass is 16.6. The fraction of sp³-hybridized carbons (Fsp3) is 0.400. The van der Waals surface area contributed by atoms with Crippen molar-refractivity contribution in [1.29, 1.82) is 0 Å². The molecule has 2 fully saturated rings. The Labute approximate surface area is 187 Å². The maximum atomic E-state index is 11.9. The number of amides is 1. The molecule has 1 atom stereocenters. The lowest BCUT2D eigenvalue weighted by Crippen LogP contribution is -2.17. The first-order chi connectivity index (χ1) is 15.5. The van der Waals surface area contributed by atoms with Gasteiger partial charge in [-0.15, -0.1) is 0 Å². The van der Waals surface area contributed by atoms with Gasteiger partial charge in [-0.05, 0) is 51.0 Å². The number of rotatable bonds is 6. The number of carbonyl (C=O) groups is 1. The first-order valence-electron chi connectivity index (χ1n) is 11.3. The second-order valence-electron chi connectivity index (χ2n) is 8.80. The van der Waals surface area contributed by atoms with Crippen molar-refractivity contribution in [3.05, 3.63) is 42.5 Å². The van der Waals surface area contributed by atoms with Crippen LogP contribution in [0.5, 0.6) is 5.75 Å². The molecule has 32 heavy (non-hydrogen) atoms. The Morgan fingerprint density at radius 3 is 2.59 bits per heavy atom. The first kappa shape index (κ1) is 20.7. The van der Waals surface area contributed by atoms with Gasteiger partial charge in [-0.1, -0.05) is 12.1 Å². The van der Waals surface area contributed by atoms with Gasteiger partial charge >= 0.3 is 6.09 Å². The number of nitrogens with one attached hydrogen (secondary N) is 1. The van der Waals surface area contributed by atoms with E-state index >= 15 is 0 Å². The third-order valence-electron chi connectivity index (χ3n) is 5.87. The molecule has 1 aliphatic carbocycles. The second kappa shape index (κ2) is 8.39. The van der Waals surface area contributed by atoms with Crippen LogP contribution >= 0.6 is 0 Å². The van der Waals surface area contributed by atoms with E-state index in [4.69, 9.17) is 19.9 Å². The third-order valence-corrected chi connectivity index (χ3v) is 5.87. The second-order valence-corrected chi connectivity index (χ2v) is 8.80. The van der Waals surface area contributed by atoms with Crippen LogP contribution in [0.4, 0.5) is 16.2 Å². The monoisotopic (exact) mass is 435 g/mol. The number of ether oxygens (including phenoxy) is 3. The van der Waals surface area contributed by atoms with Crippen molar-refractivity contribution < 1.29 is 19.0 Å². The summed E-state index contributed by atoms with van der Waals surface area (Å²) in [6.45, 7) is 5.03. The minimum Gasteiger partial charge on any atom is -0.488 e. The lowest BCUT2D eigenvalue weighted by Gasteiger charge is -2.14. The van der Waals surface area contributed by atoms with Crippen molar-refractivity contribution in [3.8, 4) is 17.0 Å². The van der Waals surface area contributed by atoms with Crippen molar-refractivity contribution in [3.63, 3.8) is 0 Å². The standard InChI is InChI=1S/C25H29N3O4/c1-15(2)31-25(29)27-17-5-3-16(4-6-17)24-23(26)21-10-9-19(32-20-11-12-30-14-20)13-22(21)28(24)18-7-8-18/h3-6,9-10,13,15,18,20H,7-8,11-12,14,26H2,1-2H3,(H,27,29). The number of nitrogens with zero attached hydrogens (tertiary/aromatic N) is 1. The van der Waals surface area contributed by atoms with Crippen LogP contribution in [0.1, 0.15) is 39.2 Å². The highest BCUT2D eigenvalue weighted by molar-refractivity contribution is 6.02. The number of aromatic nitrogens is 1. The Kier molecular flexibility index (Phi) is 5.43. The summed E-state index contributed by atoms with van der Waals surface area (Å²) in [6.07, 6.45) is 2.67. The van der Waals surface area contributed by atoms with Crippen LogP contribution in [0, 0.1) is 0 Å². The van der Waals surface area contributed by atoms with E-state index in [-0.39, 0.29) is 12.2 Å². The van der Waals surface area contributed by atoms with Gasteiger partial charge in [0.05, 0.1) is 36.2 Å². The van der Waals surface area contributed by atoms with E-state index in [2.05, 4.69) is 22.0 Å². The maximum Gasteiger partial charge on any atom is 0.411 e. The van der Waals surface area contributed by atoms with Crippen LogP contribution in [0.25, 0.3) is 22.2 Å². The zero-order valence-electron chi connectivity index (χ0n) is 18.5. The van der Waals surface area contributed by atoms with E-state index in [1.807, 2.05) is 44.2 Å². The molecule has 2 aromatic carbocycles. The zero-order valence-corrected chi connectivity index (χ0v) is 18.5. The summed E-state index contributed by atoms with van der Waals surface area (Å²) in [7, 11) is 0. The van der Waals surface area contributed by atoms with Crippen LogP contribution in [0.3, 0.4) is 0 Å². The predicted molar refractivity (Wildman–Crippen MR) is 125 cm³/mol. The maximum absolute atomic E-state index is 11.9. The molecule has 7 nitrogen and oxygen atoms in total. The average molecular weight is 436 g/mol. The molecule has 0 spiro atoms. The van der Waals surface area contributed by atoms with Gasteiger partial charge in [0.15, 0.2) is 0 Å². The molecule has 3 aromatic rings. The zero-order chi connectivity index (χ0) is 22.2. The fourth-order valence-corrected chi connectivity index (χ4v) is 4.27. The molecule has 3 N–H and O–H groups in total. The summed E-state index contributed by atoms with van der Waals surface area (Å²) in [6, 6.07) is 14.3. The summed E-state index contributed by atoms with van der Waals surface area (Å²) in [4.78, 5) is 11.9. The highest BCUT2D eigenvalue weighted by Crippen LogP contribution is 2.47. The summed E-state index contributed by atoms with van der Waals surface area (Å²) in [5.74, 6) is 0.849. The molecule has 1 saturated carbocycles. The van der Waals surface area contributed by atoms with Gasteiger partial charge in [0.1, 0.15) is 11.9 Å². The van der Waals surface area contributed by atoms with Crippen molar-refractivity contribution in [1.82, 2.24) is 4.57 Å². The molecule has 5 rings (SSSR count). The first-order valence-corrected chi connectivity index (χ1v) is 11.3. The lowest BCUT2D eigenvalue weighted by atomic mass is 10.1. The molecule has 2 heterocycles. The third kappa shape index (κ3) is 4.12. The van der Waals surface area contributed by atoms with Gasteiger partial charge < -0.3 is 24.5 Å². The van der Waals surface area contributed by atoms with E-state index in [1.165, 1.54) is 0 Å². The summed E-state index contributed by atoms with van der Waals surface area (Å²) >= 11 is 0. The number of benzene rings is 2. The van der Waals surface area contributed by atoms with Gasteiger partial charge in [-0.25, -0.2) is 4.79 Å². The predicted octanol–water partition coefficient (Wildman–Crippen LogP) is 5.35. The molecule has 2 aliphatic rings. The molecule has 1 aromatic heterocycles. The molecular formula is C25H29N3O4. The number of hydrogen-bond acceptors (Lipinski definition) is 5. The van der Waals surface area contributed by atoms with Crippen molar-refractivity contribution >= 4 is 28.4 Å². The van der Waals surface area contributed by atoms with Crippen molar-refractivity contribution in [2.24, 2.45) is 0 Å². The van der Waals surface area contributed by atoms with Gasteiger partial charge in [0, 0.05) is 35.2 Å². The van der Waals surface area contributed by atoms with Crippen molar-refractivity contribution in [2.75, 3.05) is 24.3 Å². The number of nitrogen functional groups attached to an aromatic ring is 1. The van der Waals surface area contributed by atoms with Crippen LogP contribution in [-0.4, -0.2) is 36.1 Å². The quantitative estimate of drug-likeness (QED) is 0.545. The Bertz CT molecular complexity index is 1130. The Morgan fingerprint density at radius 1 is 1.16 bits per heavy atom. The smallest absolute Gasteiger partial charge is 0.411 e. The molecule has 1 unspecified atom stereocenters. The van der Waals surface area contributed by atoms with Gasteiger partial charge in [0.2, 0.25) is 0 Å². The van der Waals surface area contributed by atoms with E-state index < -0.39 is 6.09 Å². The van der Waals surface area contributed by atoms with Crippen LogP contribution in [0.2, 0.25) is 0 Å². The summed E-state index contributed by atoms with van der Waals surface area (Å²) in [5, 5.41) is 3.79. The molecule has 0 bridgehead atoms. The molecule has 7 heteroatoms. The van der Waals surface area contributed by atoms with Gasteiger partial charge in [-0.2, -0.15) is 0 Å². The van der Waals surface area contributed by atoms with Gasteiger partial charge in [-0.3, -0.25) is 5.32 Å². The number of carbonyl (C=O) groups excluding carboxylic acids is 1. The fourth-order valence-electron chi connectivity index (χ4n) is 4.27. The summed E-state index contributed by atoms with van der Waals surface area (Å²) in [5.41, 5.74) is 11.2. The Hall–Kier alpha value is -3.19. The van der Waals surface area contributed by atoms with Crippen LogP contribution < -0.4 is 15.8 Å². The molecule has 168 valence electrons. The molecule has 0 radical (unpaired) electrons. The number of fused-ring (bicyclic) bond motifs is 1. The van der Waals surface area contributed by atoms with E-state index in [0.717, 1.165) is 59.5 Å². The average Bonchev–Trinajstić information content (AvgIpc) is 3.39. The Morgan fingerprint density at radius 2 is 1.94 bits per heavy atom. The summed E-state index contributed by atoms with van der Waals surface area (Å²) < 4.78 is 19.1. The van der Waals surface area contributed by atoms with Crippen molar-refractivity contribution in [2.45, 2.75) is 51.4 Å². The lowest BCUT2D eigenvalue weighted by molar-refractivity contribution is 0.130.